The molecule has 1 saturated heterocycles. The molecule has 0 saturated carbocycles. The van der Waals surface area contributed by atoms with Crippen molar-refractivity contribution in [1.82, 2.24) is 19.8 Å². The number of pyridine rings is 1. The normalized spacial score (nSPS) is 17.0. The lowest BCUT2D eigenvalue weighted by Gasteiger charge is -2.27. The van der Waals surface area contributed by atoms with E-state index >= 15 is 0 Å². The third kappa shape index (κ3) is 4.36. The first kappa shape index (κ1) is 20.5. The molecule has 3 aromatic rings. The summed E-state index contributed by atoms with van der Waals surface area (Å²) in [5.41, 5.74) is 1.34. The Labute approximate surface area is 180 Å². The second-order valence-corrected chi connectivity index (χ2v) is 8.86. The summed E-state index contributed by atoms with van der Waals surface area (Å²) < 4.78 is 0. The average Bonchev–Trinajstić information content (AvgIpc) is 3.01. The number of aryl methyl sites for hydroxylation is 1. The largest absolute Gasteiger partial charge is 0.342 e. The molecule has 156 valence electrons. The van der Waals surface area contributed by atoms with Gasteiger partial charge in [0, 0.05) is 43.1 Å². The molecule has 0 spiro atoms. The Kier molecular flexibility index (Phi) is 6.08. The predicted molar refractivity (Wildman–Crippen MR) is 119 cm³/mol. The van der Waals surface area contributed by atoms with Crippen molar-refractivity contribution in [2.45, 2.75) is 38.6 Å². The Morgan fingerprint density at radius 2 is 2.03 bits per heavy atom. The van der Waals surface area contributed by atoms with Gasteiger partial charge in [0.2, 0.25) is 5.91 Å². The van der Waals surface area contributed by atoms with Crippen molar-refractivity contribution >= 4 is 33.9 Å². The highest BCUT2D eigenvalue weighted by Gasteiger charge is 2.27. The zero-order chi connectivity index (χ0) is 21.1. The number of amides is 2. The van der Waals surface area contributed by atoms with Crippen molar-refractivity contribution in [3.8, 4) is 0 Å². The first-order chi connectivity index (χ1) is 14.5. The Morgan fingerprint density at radius 1 is 1.20 bits per heavy atom. The second kappa shape index (κ2) is 8.92. The Morgan fingerprint density at radius 3 is 2.83 bits per heavy atom. The minimum atomic E-state index is -0.0606. The van der Waals surface area contributed by atoms with Gasteiger partial charge < -0.3 is 9.80 Å². The molecule has 1 aliphatic heterocycles. The van der Waals surface area contributed by atoms with Crippen LogP contribution in [-0.4, -0.2) is 57.8 Å². The van der Waals surface area contributed by atoms with E-state index in [9.17, 15) is 9.59 Å². The maximum Gasteiger partial charge on any atom is 0.273 e. The zero-order valence-corrected chi connectivity index (χ0v) is 18.2. The number of carbonyl (C=O) groups is 2. The van der Waals surface area contributed by atoms with E-state index in [1.807, 2.05) is 59.5 Å². The fraction of sp³-hybridized carbons (Fsp3) is 0.391. The fourth-order valence-electron chi connectivity index (χ4n) is 4.09. The summed E-state index contributed by atoms with van der Waals surface area (Å²) in [5.74, 6) is 0.0557. The molecule has 2 aromatic heterocycles. The first-order valence-corrected chi connectivity index (χ1v) is 11.2. The van der Waals surface area contributed by atoms with Crippen LogP contribution < -0.4 is 0 Å². The molecule has 0 bridgehead atoms. The lowest BCUT2D eigenvalue weighted by molar-refractivity contribution is -0.130. The number of thiazole rings is 1. The van der Waals surface area contributed by atoms with Gasteiger partial charge in [-0.2, -0.15) is 0 Å². The van der Waals surface area contributed by atoms with E-state index in [0.717, 1.165) is 47.3 Å². The van der Waals surface area contributed by atoms with Gasteiger partial charge in [-0.15, -0.1) is 11.3 Å². The van der Waals surface area contributed by atoms with Gasteiger partial charge in [0.1, 0.15) is 5.69 Å². The van der Waals surface area contributed by atoms with E-state index in [2.05, 4.69) is 9.97 Å². The van der Waals surface area contributed by atoms with E-state index in [4.69, 9.17) is 0 Å². The van der Waals surface area contributed by atoms with Crippen LogP contribution in [0.25, 0.3) is 10.8 Å². The van der Waals surface area contributed by atoms with Crippen molar-refractivity contribution in [3.63, 3.8) is 0 Å². The van der Waals surface area contributed by atoms with Crippen LogP contribution in [-0.2, 0) is 11.2 Å². The molecule has 1 aromatic carbocycles. The van der Waals surface area contributed by atoms with Crippen LogP contribution in [0.2, 0.25) is 0 Å². The molecule has 3 heterocycles. The van der Waals surface area contributed by atoms with Gasteiger partial charge in [-0.3, -0.25) is 14.6 Å². The molecule has 6 nitrogen and oxygen atoms in total. The van der Waals surface area contributed by atoms with Gasteiger partial charge in [-0.05, 0) is 37.6 Å². The predicted octanol–water partition coefficient (Wildman–Crippen LogP) is 3.70. The van der Waals surface area contributed by atoms with Gasteiger partial charge in [-0.25, -0.2) is 4.98 Å². The van der Waals surface area contributed by atoms with E-state index in [-0.39, 0.29) is 17.9 Å². The molecular weight excluding hydrogens is 396 g/mol. The molecule has 1 aliphatic rings. The Hall–Kier alpha value is -2.80. The summed E-state index contributed by atoms with van der Waals surface area (Å²) in [4.78, 5) is 38.4. The van der Waals surface area contributed by atoms with Crippen molar-refractivity contribution in [2.24, 2.45) is 0 Å². The fourth-order valence-corrected chi connectivity index (χ4v) is 4.71. The van der Waals surface area contributed by atoms with Crippen LogP contribution in [0.5, 0.6) is 0 Å². The highest BCUT2D eigenvalue weighted by Crippen LogP contribution is 2.22. The van der Waals surface area contributed by atoms with E-state index in [1.165, 1.54) is 0 Å². The van der Waals surface area contributed by atoms with Gasteiger partial charge in [0.15, 0.2) is 0 Å². The SMILES string of the molecule is Cc1nc(CC(=O)N2CCC[C@H](N(C)C(=O)c3nccc4ccccc34)CC2)cs1. The highest BCUT2D eigenvalue weighted by atomic mass is 32.1. The van der Waals surface area contributed by atoms with Gasteiger partial charge in [0.25, 0.3) is 5.91 Å². The number of rotatable bonds is 4. The quantitative estimate of drug-likeness (QED) is 0.643. The summed E-state index contributed by atoms with van der Waals surface area (Å²) in [7, 11) is 1.85. The minimum Gasteiger partial charge on any atom is -0.342 e. The minimum absolute atomic E-state index is 0.0606. The standard InChI is InChI=1S/C23H26N4O2S/c1-16-25-18(15-30-16)14-21(28)27-12-5-7-19(10-13-27)26(2)23(29)22-20-8-4-3-6-17(20)9-11-24-22/h3-4,6,8-9,11,15,19H,5,7,10,12-14H2,1-2H3/t19-/m0/s1. The van der Waals surface area contributed by atoms with Crippen LogP contribution in [0, 0.1) is 6.92 Å². The summed E-state index contributed by atoms with van der Waals surface area (Å²) >= 11 is 1.57. The molecule has 1 atom stereocenters. The van der Waals surface area contributed by atoms with Gasteiger partial charge >= 0.3 is 0 Å². The number of benzene rings is 1. The summed E-state index contributed by atoms with van der Waals surface area (Å²) in [6.45, 7) is 3.34. The average molecular weight is 423 g/mol. The highest BCUT2D eigenvalue weighted by molar-refractivity contribution is 7.09. The number of aromatic nitrogens is 2. The maximum atomic E-state index is 13.2. The topological polar surface area (TPSA) is 66.4 Å². The van der Waals surface area contributed by atoms with Crippen molar-refractivity contribution in [1.29, 1.82) is 0 Å². The zero-order valence-electron chi connectivity index (χ0n) is 17.4. The first-order valence-electron chi connectivity index (χ1n) is 10.3. The molecule has 2 amide bonds. The molecule has 30 heavy (non-hydrogen) atoms. The van der Waals surface area contributed by atoms with Crippen LogP contribution in [0.3, 0.4) is 0 Å². The summed E-state index contributed by atoms with van der Waals surface area (Å²) in [6.07, 6.45) is 4.58. The van der Waals surface area contributed by atoms with Crippen LogP contribution in [0.4, 0.5) is 0 Å². The second-order valence-electron chi connectivity index (χ2n) is 7.80. The molecule has 1 fully saturated rings. The van der Waals surface area contributed by atoms with Gasteiger partial charge in [-0.1, -0.05) is 24.3 Å². The number of likely N-dealkylation sites (tertiary alicyclic amines) is 1. The third-order valence-electron chi connectivity index (χ3n) is 5.79. The molecule has 0 N–H and O–H groups in total. The summed E-state index contributed by atoms with van der Waals surface area (Å²) in [6, 6.07) is 9.84. The van der Waals surface area contributed by atoms with Crippen molar-refractivity contribution in [3.05, 3.63) is 58.3 Å². The van der Waals surface area contributed by atoms with E-state index in [1.54, 1.807) is 17.5 Å². The number of fused-ring (bicyclic) bond motifs is 1. The smallest absolute Gasteiger partial charge is 0.273 e. The van der Waals surface area contributed by atoms with Gasteiger partial charge in [0.05, 0.1) is 17.1 Å². The maximum absolute atomic E-state index is 13.2. The number of hydrogen-bond acceptors (Lipinski definition) is 5. The lowest BCUT2D eigenvalue weighted by Crippen LogP contribution is -2.39. The Bertz CT molecular complexity index is 1060. The van der Waals surface area contributed by atoms with Crippen molar-refractivity contribution in [2.75, 3.05) is 20.1 Å². The summed E-state index contributed by atoms with van der Waals surface area (Å²) in [5, 5.41) is 4.83. The molecule has 7 heteroatoms. The van der Waals surface area contributed by atoms with Crippen LogP contribution in [0.1, 0.15) is 40.5 Å². The van der Waals surface area contributed by atoms with Crippen LogP contribution >= 0.6 is 11.3 Å². The number of hydrogen-bond donors (Lipinski definition) is 0. The van der Waals surface area contributed by atoms with E-state index < -0.39 is 0 Å². The molecule has 0 radical (unpaired) electrons. The molecule has 0 unspecified atom stereocenters. The van der Waals surface area contributed by atoms with Crippen molar-refractivity contribution < 1.29 is 9.59 Å². The van der Waals surface area contributed by atoms with E-state index in [0.29, 0.717) is 18.7 Å². The molecule has 4 rings (SSSR count). The monoisotopic (exact) mass is 422 g/mol. The third-order valence-corrected chi connectivity index (χ3v) is 6.62. The van der Waals surface area contributed by atoms with Crippen LogP contribution in [0.15, 0.2) is 41.9 Å². The molecule has 0 aliphatic carbocycles. The Balaban J connectivity index is 1.42. The molecular formula is C23H26N4O2S. The lowest BCUT2D eigenvalue weighted by atomic mass is 10.1. The number of carbonyl (C=O) groups excluding carboxylic acids is 2. The number of nitrogens with zero attached hydrogens (tertiary/aromatic N) is 4.